The third-order valence-electron chi connectivity index (χ3n) is 2.96. The smallest absolute Gasteiger partial charge is 0.269 e. The van der Waals surface area contributed by atoms with Gasteiger partial charge in [0.1, 0.15) is 0 Å². The van der Waals surface area contributed by atoms with E-state index in [4.69, 9.17) is 0 Å². The van der Waals surface area contributed by atoms with Gasteiger partial charge in [-0.1, -0.05) is 15.9 Å². The van der Waals surface area contributed by atoms with Crippen LogP contribution < -0.4 is 15.8 Å². The highest BCUT2D eigenvalue weighted by atomic mass is 79.9. The Labute approximate surface area is 115 Å². The molecule has 0 radical (unpaired) electrons. The summed E-state index contributed by atoms with van der Waals surface area (Å²) in [5.41, 5.74) is 7.45. The molecule has 1 atom stereocenters. The molecule has 0 fully saturated rings. The van der Waals surface area contributed by atoms with Crippen LogP contribution in [0.5, 0.6) is 0 Å². The van der Waals surface area contributed by atoms with Crippen LogP contribution in [0.4, 0.5) is 0 Å². The molecule has 0 aliphatic carbocycles. The highest BCUT2D eigenvalue weighted by molar-refractivity contribution is 9.10. The van der Waals surface area contributed by atoms with Gasteiger partial charge in [0.05, 0.1) is 20.1 Å². The highest BCUT2D eigenvalue weighted by Crippen LogP contribution is 2.10. The number of halogens is 1. The number of quaternary nitrogens is 1. The minimum atomic E-state index is -0.116. The zero-order chi connectivity index (χ0) is 13.0. The third kappa shape index (κ3) is 3.58. The Morgan fingerprint density at radius 3 is 2.67 bits per heavy atom. The second-order valence-electron chi connectivity index (χ2n) is 4.48. The van der Waals surface area contributed by atoms with Gasteiger partial charge in [0.25, 0.3) is 5.91 Å². The van der Waals surface area contributed by atoms with Crippen molar-refractivity contribution in [2.75, 3.05) is 20.1 Å². The quantitative estimate of drug-likeness (QED) is 0.711. The molecule has 1 amide bonds. The number of nitrogens with one attached hydrogen (secondary N) is 3. The third-order valence-corrected chi connectivity index (χ3v) is 3.49. The Morgan fingerprint density at radius 1 is 1.33 bits per heavy atom. The predicted octanol–water partition coefficient (Wildman–Crippen LogP) is 0.486. The van der Waals surface area contributed by atoms with Crippen LogP contribution in [0.2, 0.25) is 0 Å². The fraction of sp³-hybridized carbons (Fsp3) is 0.308. The van der Waals surface area contributed by atoms with Crippen LogP contribution in [-0.2, 0) is 0 Å². The minimum Gasteiger partial charge on any atom is -0.334 e. The van der Waals surface area contributed by atoms with Crippen LogP contribution in [0.15, 0.2) is 40.5 Å². The van der Waals surface area contributed by atoms with E-state index < -0.39 is 0 Å². The van der Waals surface area contributed by atoms with E-state index in [0.29, 0.717) is 5.56 Å². The number of hydrogen-bond acceptors (Lipinski definition) is 2. The normalized spacial score (nSPS) is 19.0. The molecule has 4 nitrogen and oxygen atoms in total. The van der Waals surface area contributed by atoms with Crippen LogP contribution >= 0.6 is 15.9 Å². The molecule has 1 aliphatic heterocycles. The first-order valence-corrected chi connectivity index (χ1v) is 6.77. The summed E-state index contributed by atoms with van der Waals surface area (Å²) in [5, 5.41) is 0. The van der Waals surface area contributed by atoms with E-state index in [1.54, 1.807) is 12.1 Å². The average Bonchev–Trinajstić information content (AvgIpc) is 2.38. The predicted molar refractivity (Wildman–Crippen MR) is 74.1 cm³/mol. The maximum absolute atomic E-state index is 11.8. The molecule has 0 aromatic heterocycles. The largest absolute Gasteiger partial charge is 0.334 e. The fourth-order valence-electron chi connectivity index (χ4n) is 1.77. The second-order valence-corrected chi connectivity index (χ2v) is 5.39. The molecule has 0 bridgehead atoms. The van der Waals surface area contributed by atoms with Crippen molar-refractivity contribution in [1.29, 1.82) is 0 Å². The fourth-order valence-corrected chi connectivity index (χ4v) is 2.04. The van der Waals surface area contributed by atoms with E-state index in [0.717, 1.165) is 29.7 Å². The van der Waals surface area contributed by atoms with E-state index >= 15 is 0 Å². The molecule has 2 rings (SSSR count). The van der Waals surface area contributed by atoms with Crippen LogP contribution in [0, 0.1) is 0 Å². The maximum atomic E-state index is 11.8. The zero-order valence-electron chi connectivity index (χ0n) is 10.3. The highest BCUT2D eigenvalue weighted by Gasteiger charge is 2.11. The second kappa shape index (κ2) is 6.02. The van der Waals surface area contributed by atoms with Gasteiger partial charge in [-0.15, -0.1) is 0 Å². The van der Waals surface area contributed by atoms with Crippen molar-refractivity contribution >= 4 is 21.8 Å². The molecule has 1 aliphatic rings. The van der Waals surface area contributed by atoms with E-state index in [1.165, 1.54) is 4.90 Å². The lowest BCUT2D eigenvalue weighted by Gasteiger charge is -2.20. The van der Waals surface area contributed by atoms with Crippen molar-refractivity contribution in [2.24, 2.45) is 0 Å². The van der Waals surface area contributed by atoms with Crippen molar-refractivity contribution in [3.05, 3.63) is 46.1 Å². The molecule has 1 heterocycles. The molecular formula is C13H17BrN3O+. The van der Waals surface area contributed by atoms with Gasteiger partial charge in [0, 0.05) is 22.2 Å². The van der Waals surface area contributed by atoms with E-state index in [-0.39, 0.29) is 5.91 Å². The molecule has 1 aromatic carbocycles. The van der Waals surface area contributed by atoms with Crippen LogP contribution in [0.1, 0.15) is 16.8 Å². The average molecular weight is 311 g/mol. The molecule has 1 aromatic rings. The first-order chi connectivity index (χ1) is 8.65. The molecule has 18 heavy (non-hydrogen) atoms. The summed E-state index contributed by atoms with van der Waals surface area (Å²) in [6.45, 7) is 2.09. The van der Waals surface area contributed by atoms with E-state index in [1.807, 2.05) is 12.1 Å². The summed E-state index contributed by atoms with van der Waals surface area (Å²) in [5.74, 6) is -0.116. The van der Waals surface area contributed by atoms with Crippen LogP contribution in [0.3, 0.4) is 0 Å². The monoisotopic (exact) mass is 310 g/mol. The molecule has 3 N–H and O–H groups in total. The first kappa shape index (κ1) is 13.1. The lowest BCUT2D eigenvalue weighted by molar-refractivity contribution is -0.875. The maximum Gasteiger partial charge on any atom is 0.269 e. The molecule has 0 saturated heterocycles. The summed E-state index contributed by atoms with van der Waals surface area (Å²) >= 11 is 3.34. The Kier molecular flexibility index (Phi) is 4.38. The number of carbonyl (C=O) groups is 1. The number of hydrazine groups is 1. The molecule has 0 spiro atoms. The number of hydrogen-bond donors (Lipinski definition) is 3. The number of benzene rings is 1. The van der Waals surface area contributed by atoms with Gasteiger partial charge in [-0.2, -0.15) is 0 Å². The van der Waals surface area contributed by atoms with Crippen molar-refractivity contribution in [3.63, 3.8) is 0 Å². The van der Waals surface area contributed by atoms with Crippen LogP contribution in [0.25, 0.3) is 0 Å². The summed E-state index contributed by atoms with van der Waals surface area (Å²) in [6, 6.07) is 7.28. The SMILES string of the molecule is C[NH+]1CC=C(NNC(=O)c2ccc(Br)cc2)CC1. The van der Waals surface area contributed by atoms with Gasteiger partial charge in [-0.05, 0) is 30.3 Å². The van der Waals surface area contributed by atoms with Crippen molar-refractivity contribution in [3.8, 4) is 0 Å². The van der Waals surface area contributed by atoms with Gasteiger partial charge in [0.15, 0.2) is 0 Å². The summed E-state index contributed by atoms with van der Waals surface area (Å²) in [6.07, 6.45) is 3.09. The number of amides is 1. The Bertz CT molecular complexity index is 456. The Hall–Kier alpha value is -1.33. The van der Waals surface area contributed by atoms with Crippen LogP contribution in [-0.4, -0.2) is 26.0 Å². The molecule has 0 saturated carbocycles. The molecule has 1 unspecified atom stereocenters. The number of likely N-dealkylation sites (N-methyl/N-ethyl adjacent to an activating group) is 1. The number of rotatable bonds is 3. The Morgan fingerprint density at radius 2 is 2.06 bits per heavy atom. The molecular weight excluding hydrogens is 294 g/mol. The van der Waals surface area contributed by atoms with Crippen molar-refractivity contribution in [2.45, 2.75) is 6.42 Å². The zero-order valence-corrected chi connectivity index (χ0v) is 11.9. The van der Waals surface area contributed by atoms with E-state index in [2.05, 4.69) is 39.9 Å². The van der Waals surface area contributed by atoms with Gasteiger partial charge in [-0.25, -0.2) is 0 Å². The lowest BCUT2D eigenvalue weighted by atomic mass is 10.2. The van der Waals surface area contributed by atoms with Gasteiger partial charge >= 0.3 is 0 Å². The number of carbonyl (C=O) groups excluding carboxylic acids is 1. The summed E-state index contributed by atoms with van der Waals surface area (Å²) in [7, 11) is 2.16. The summed E-state index contributed by atoms with van der Waals surface area (Å²) < 4.78 is 0.966. The van der Waals surface area contributed by atoms with Crippen molar-refractivity contribution in [1.82, 2.24) is 10.9 Å². The minimum absolute atomic E-state index is 0.116. The van der Waals surface area contributed by atoms with E-state index in [9.17, 15) is 4.79 Å². The van der Waals surface area contributed by atoms with Gasteiger partial charge in [-0.3, -0.25) is 10.2 Å². The molecule has 96 valence electrons. The molecule has 5 heteroatoms. The van der Waals surface area contributed by atoms with Gasteiger partial charge in [0.2, 0.25) is 0 Å². The Balaban J connectivity index is 1.87. The summed E-state index contributed by atoms with van der Waals surface area (Å²) in [4.78, 5) is 13.3. The lowest BCUT2D eigenvalue weighted by Crippen LogP contribution is -3.09. The first-order valence-electron chi connectivity index (χ1n) is 5.97. The standard InChI is InChI=1S/C13H16BrN3O/c1-17-8-6-12(7-9-17)15-16-13(18)10-2-4-11(14)5-3-10/h2-6,15H,7-9H2,1H3,(H,16,18)/p+1. The van der Waals surface area contributed by atoms with Crippen molar-refractivity contribution < 1.29 is 9.69 Å². The van der Waals surface area contributed by atoms with Gasteiger partial charge < -0.3 is 10.3 Å². The topological polar surface area (TPSA) is 45.6 Å².